The van der Waals surface area contributed by atoms with Gasteiger partial charge in [0.05, 0.1) is 0 Å². The van der Waals surface area contributed by atoms with Crippen LogP contribution in [-0.2, 0) is 0 Å². The molecule has 0 fully saturated rings. The lowest BCUT2D eigenvalue weighted by Gasteiger charge is -2.20. The van der Waals surface area contributed by atoms with Crippen LogP contribution >= 0.6 is 15.8 Å². The minimum Gasteiger partial charge on any atom is -0.107 e. The first-order valence-corrected chi connectivity index (χ1v) is 22.0. The van der Waals surface area contributed by atoms with Gasteiger partial charge in [0.2, 0.25) is 0 Å². The third-order valence-corrected chi connectivity index (χ3v) is 14.2. The van der Waals surface area contributed by atoms with Gasteiger partial charge in [0, 0.05) is 0 Å². The molecule has 0 saturated carbocycles. The Bertz CT molecular complexity index is 340. The van der Waals surface area contributed by atoms with Crippen LogP contribution in [0.4, 0.5) is 0 Å². The summed E-state index contributed by atoms with van der Waals surface area (Å²) in [5.41, 5.74) is 0. The molecule has 0 N–H and O–H groups in total. The van der Waals surface area contributed by atoms with Crippen LogP contribution in [0.3, 0.4) is 0 Å². The Kier molecular flexibility index (Phi) is 34.8. The molecular formula is C36H76P2. The number of unbranched alkanes of at least 4 members (excludes halogenated alkanes) is 21. The maximum absolute atomic E-state index is 2.34. The van der Waals surface area contributed by atoms with Crippen LogP contribution in [0.25, 0.3) is 0 Å². The largest absolute Gasteiger partial charge is 0.107 e. The van der Waals surface area contributed by atoms with Gasteiger partial charge in [0.1, 0.15) is 0 Å². The van der Waals surface area contributed by atoms with Gasteiger partial charge in [-0.2, -0.15) is 0 Å². The highest BCUT2D eigenvalue weighted by molar-refractivity contribution is 7.58. The molecule has 0 aliphatic heterocycles. The molecule has 0 atom stereocenters. The summed E-state index contributed by atoms with van der Waals surface area (Å²) in [5, 5.41) is 0. The Balaban J connectivity index is 4.36. The molecule has 2 heteroatoms. The maximum atomic E-state index is 2.34. The van der Waals surface area contributed by atoms with E-state index >= 15 is 0 Å². The molecule has 38 heavy (non-hydrogen) atoms. The quantitative estimate of drug-likeness (QED) is 0.0544. The van der Waals surface area contributed by atoms with E-state index in [1.54, 1.807) is 49.8 Å². The van der Waals surface area contributed by atoms with E-state index in [9.17, 15) is 0 Å². The summed E-state index contributed by atoms with van der Waals surface area (Å²) in [6.45, 7) is 9.36. The smallest absolute Gasteiger partial charge is 0.0326 e. The highest BCUT2D eigenvalue weighted by Gasteiger charge is 2.11. The van der Waals surface area contributed by atoms with Gasteiger partial charge in [0.15, 0.2) is 0 Å². The van der Waals surface area contributed by atoms with Crippen molar-refractivity contribution in [2.24, 2.45) is 0 Å². The van der Waals surface area contributed by atoms with Crippen LogP contribution in [0.15, 0.2) is 0 Å². The highest BCUT2D eigenvalue weighted by atomic mass is 31.1. The molecule has 0 spiro atoms. The second-order valence-corrected chi connectivity index (χ2v) is 17.8. The molecule has 0 radical (unpaired) electrons. The molecule has 0 unspecified atom stereocenters. The molecule has 0 aliphatic rings. The predicted octanol–water partition coefficient (Wildman–Crippen LogP) is 14.2. The predicted molar refractivity (Wildman–Crippen MR) is 186 cm³/mol. The van der Waals surface area contributed by atoms with Crippen molar-refractivity contribution in [2.75, 3.05) is 37.0 Å². The second kappa shape index (κ2) is 34.1. The average Bonchev–Trinajstić information content (AvgIpc) is 2.93. The van der Waals surface area contributed by atoms with Crippen molar-refractivity contribution in [1.29, 1.82) is 0 Å². The molecule has 0 rings (SSSR count). The van der Waals surface area contributed by atoms with Gasteiger partial charge >= 0.3 is 0 Å². The molecule has 0 amide bonds. The summed E-state index contributed by atoms with van der Waals surface area (Å²) in [5.74, 6) is 0. The number of hydrogen-bond acceptors (Lipinski definition) is 0. The van der Waals surface area contributed by atoms with E-state index in [-0.39, 0.29) is 0 Å². The molecule has 0 bridgehead atoms. The van der Waals surface area contributed by atoms with Crippen molar-refractivity contribution >= 4 is 15.8 Å². The van der Waals surface area contributed by atoms with Crippen LogP contribution in [0.2, 0.25) is 0 Å². The minimum absolute atomic E-state index is 0.327. The van der Waals surface area contributed by atoms with E-state index in [0.29, 0.717) is 15.8 Å². The Labute approximate surface area is 247 Å². The fourth-order valence-electron chi connectivity index (χ4n) is 5.80. The fourth-order valence-corrected chi connectivity index (χ4v) is 11.2. The molecule has 0 aromatic heterocycles. The molecular weight excluding hydrogens is 494 g/mol. The van der Waals surface area contributed by atoms with E-state index in [2.05, 4.69) is 27.7 Å². The lowest BCUT2D eigenvalue weighted by atomic mass is 10.1. The van der Waals surface area contributed by atoms with Gasteiger partial charge in [-0.05, 0) is 75.5 Å². The first kappa shape index (κ1) is 38.9. The van der Waals surface area contributed by atoms with Gasteiger partial charge in [0.25, 0.3) is 0 Å². The summed E-state index contributed by atoms with van der Waals surface area (Å²) in [6, 6.07) is 0. The zero-order chi connectivity index (χ0) is 27.8. The second-order valence-electron chi connectivity index (χ2n) is 12.5. The Morgan fingerprint density at radius 3 is 0.579 bits per heavy atom. The molecule has 0 nitrogen and oxygen atoms in total. The van der Waals surface area contributed by atoms with Crippen LogP contribution in [0.1, 0.15) is 195 Å². The van der Waals surface area contributed by atoms with Crippen molar-refractivity contribution < 1.29 is 0 Å². The summed E-state index contributed by atoms with van der Waals surface area (Å²) >= 11 is 0. The highest BCUT2D eigenvalue weighted by Crippen LogP contribution is 2.42. The number of hydrogen-bond donors (Lipinski definition) is 0. The molecule has 0 heterocycles. The van der Waals surface area contributed by atoms with E-state index in [0.717, 1.165) is 0 Å². The zero-order valence-electron chi connectivity index (χ0n) is 27.5. The zero-order valence-corrected chi connectivity index (χ0v) is 29.3. The molecule has 0 aromatic rings. The van der Waals surface area contributed by atoms with E-state index < -0.39 is 0 Å². The van der Waals surface area contributed by atoms with Crippen molar-refractivity contribution in [1.82, 2.24) is 0 Å². The van der Waals surface area contributed by atoms with Gasteiger partial charge in [-0.15, -0.1) is 15.8 Å². The minimum atomic E-state index is 0.327. The van der Waals surface area contributed by atoms with Crippen LogP contribution in [0, 0.1) is 0 Å². The summed E-state index contributed by atoms with van der Waals surface area (Å²) in [6.07, 6.45) is 48.1. The van der Waals surface area contributed by atoms with E-state index in [1.807, 2.05) is 0 Å². The topological polar surface area (TPSA) is 0 Å². The Morgan fingerprint density at radius 1 is 0.211 bits per heavy atom. The summed E-state index contributed by atoms with van der Waals surface area (Å²) in [7, 11) is 0.655. The lowest BCUT2D eigenvalue weighted by Crippen LogP contribution is -2.00. The third kappa shape index (κ3) is 29.8. The number of rotatable bonds is 33. The summed E-state index contributed by atoms with van der Waals surface area (Å²) in [4.78, 5) is 0. The Hall–Kier alpha value is 0.860. The normalized spacial score (nSPS) is 11.8. The van der Waals surface area contributed by atoms with Crippen molar-refractivity contribution in [3.63, 3.8) is 0 Å². The van der Waals surface area contributed by atoms with Crippen LogP contribution in [0.5, 0.6) is 0 Å². The molecule has 0 saturated heterocycles. The SMILES string of the molecule is CCCCCCCCP(CCCCCCCC)CCCCP(CCCCCCCC)CCCCCCCC. The van der Waals surface area contributed by atoms with Crippen LogP contribution < -0.4 is 0 Å². The standard InChI is InChI=1S/C36H76P2/c1-5-9-13-17-21-25-31-37(32-26-22-18-14-10-6-2)35-29-30-36-38(33-27-23-19-15-11-7-3)34-28-24-20-16-12-8-4/h5-36H2,1-4H3. The lowest BCUT2D eigenvalue weighted by molar-refractivity contribution is 0.621. The van der Waals surface area contributed by atoms with Gasteiger partial charge < -0.3 is 0 Å². The molecule has 230 valence electrons. The van der Waals surface area contributed by atoms with Gasteiger partial charge in [-0.3, -0.25) is 0 Å². The average molecular weight is 571 g/mol. The van der Waals surface area contributed by atoms with Crippen molar-refractivity contribution in [3.05, 3.63) is 0 Å². The van der Waals surface area contributed by atoms with Crippen molar-refractivity contribution in [2.45, 2.75) is 195 Å². The first-order chi connectivity index (χ1) is 18.8. The van der Waals surface area contributed by atoms with Gasteiger partial charge in [-0.25, -0.2) is 0 Å². The van der Waals surface area contributed by atoms with E-state index in [1.165, 1.54) is 154 Å². The molecule has 0 aliphatic carbocycles. The summed E-state index contributed by atoms with van der Waals surface area (Å²) < 4.78 is 0. The monoisotopic (exact) mass is 571 g/mol. The third-order valence-electron chi connectivity index (χ3n) is 8.51. The maximum Gasteiger partial charge on any atom is -0.0326 e. The van der Waals surface area contributed by atoms with Crippen LogP contribution in [-0.4, -0.2) is 37.0 Å². The Morgan fingerprint density at radius 2 is 0.368 bits per heavy atom. The molecule has 0 aromatic carbocycles. The van der Waals surface area contributed by atoms with E-state index in [4.69, 9.17) is 0 Å². The first-order valence-electron chi connectivity index (χ1n) is 18.2. The fraction of sp³-hybridized carbons (Fsp3) is 1.00. The van der Waals surface area contributed by atoms with Crippen molar-refractivity contribution in [3.8, 4) is 0 Å². The van der Waals surface area contributed by atoms with Gasteiger partial charge in [-0.1, -0.05) is 156 Å².